The molecule has 0 atom stereocenters. The lowest BCUT2D eigenvalue weighted by Gasteiger charge is -2.19. The van der Waals surface area contributed by atoms with Crippen molar-refractivity contribution >= 4 is 17.9 Å². The quantitative estimate of drug-likeness (QED) is 0.661. The van der Waals surface area contributed by atoms with Crippen LogP contribution in [-0.2, 0) is 25.7 Å². The van der Waals surface area contributed by atoms with Crippen molar-refractivity contribution in [2.24, 2.45) is 0 Å². The fraction of sp³-hybridized carbons (Fsp3) is 0.400. The normalized spacial score (nSPS) is 10.8. The van der Waals surface area contributed by atoms with Crippen molar-refractivity contribution in [2.45, 2.75) is 39.4 Å². The van der Waals surface area contributed by atoms with Crippen LogP contribution in [0.15, 0.2) is 24.3 Å². The first-order valence-corrected chi connectivity index (χ1v) is 6.37. The first kappa shape index (κ1) is 16.7. The molecule has 0 aliphatic rings. The zero-order valence-corrected chi connectivity index (χ0v) is 12.2. The summed E-state index contributed by atoms with van der Waals surface area (Å²) in [5.41, 5.74) is 0.480. The van der Waals surface area contributed by atoms with Crippen LogP contribution in [0.4, 0.5) is 0 Å². The summed E-state index contributed by atoms with van der Waals surface area (Å²) in [7, 11) is 0. The minimum Gasteiger partial charge on any atom is -0.481 e. The highest BCUT2D eigenvalue weighted by atomic mass is 16.6. The molecule has 0 bridgehead atoms. The molecule has 0 aliphatic carbocycles. The Morgan fingerprint density at radius 3 is 2.14 bits per heavy atom. The van der Waals surface area contributed by atoms with Gasteiger partial charge in [0.2, 0.25) is 0 Å². The lowest BCUT2D eigenvalue weighted by Crippen LogP contribution is -2.23. The topological polar surface area (TPSA) is 89.9 Å². The minimum atomic E-state index is -1.24. The van der Waals surface area contributed by atoms with Crippen molar-refractivity contribution in [3.05, 3.63) is 35.4 Å². The predicted octanol–water partition coefficient (Wildman–Crippen LogP) is 2.16. The second kappa shape index (κ2) is 6.88. The van der Waals surface area contributed by atoms with Gasteiger partial charge in [0.15, 0.2) is 0 Å². The van der Waals surface area contributed by atoms with Gasteiger partial charge in [0.05, 0.1) is 5.56 Å². The van der Waals surface area contributed by atoms with E-state index in [4.69, 9.17) is 14.6 Å². The van der Waals surface area contributed by atoms with E-state index in [1.807, 2.05) is 0 Å². The van der Waals surface area contributed by atoms with E-state index in [2.05, 4.69) is 0 Å². The number of rotatable bonds is 5. The fourth-order valence-electron chi connectivity index (χ4n) is 1.41. The van der Waals surface area contributed by atoms with Crippen LogP contribution in [-0.4, -0.2) is 28.6 Å². The Balaban J connectivity index is 2.56. The molecule has 0 unspecified atom stereocenters. The zero-order chi connectivity index (χ0) is 16.0. The summed E-state index contributed by atoms with van der Waals surface area (Å²) in [4.78, 5) is 33.2. The fourth-order valence-corrected chi connectivity index (χ4v) is 1.41. The Bertz CT molecular complexity index is 524. The number of carbonyl (C=O) groups is 3. The smallest absolute Gasteiger partial charge is 0.338 e. The Morgan fingerprint density at radius 1 is 1.10 bits per heavy atom. The van der Waals surface area contributed by atoms with Gasteiger partial charge in [0, 0.05) is 0 Å². The summed E-state index contributed by atoms with van der Waals surface area (Å²) in [6.07, 6.45) is -0.671. The van der Waals surface area contributed by atoms with Crippen LogP contribution < -0.4 is 0 Å². The number of hydrogen-bond donors (Lipinski definition) is 1. The molecule has 1 rings (SSSR count). The molecule has 114 valence electrons. The molecule has 21 heavy (non-hydrogen) atoms. The van der Waals surface area contributed by atoms with E-state index in [9.17, 15) is 14.4 Å². The van der Waals surface area contributed by atoms with E-state index < -0.39 is 29.9 Å². The number of benzene rings is 1. The first-order valence-electron chi connectivity index (χ1n) is 6.37. The third-order valence-corrected chi connectivity index (χ3v) is 2.28. The highest BCUT2D eigenvalue weighted by molar-refractivity contribution is 5.90. The molecule has 1 aromatic rings. The van der Waals surface area contributed by atoms with Crippen LogP contribution in [0.5, 0.6) is 0 Å². The van der Waals surface area contributed by atoms with Gasteiger partial charge in [-0.2, -0.15) is 0 Å². The summed E-state index contributed by atoms with van der Waals surface area (Å²) < 4.78 is 10.00. The molecule has 0 fully saturated rings. The van der Waals surface area contributed by atoms with Gasteiger partial charge in [-0.3, -0.25) is 9.59 Å². The van der Waals surface area contributed by atoms with Gasteiger partial charge < -0.3 is 14.6 Å². The average molecular weight is 294 g/mol. The monoisotopic (exact) mass is 294 g/mol. The van der Waals surface area contributed by atoms with Crippen molar-refractivity contribution in [1.82, 2.24) is 0 Å². The highest BCUT2D eigenvalue weighted by Gasteiger charge is 2.17. The Hall–Kier alpha value is -2.37. The molecule has 0 heterocycles. The molecule has 0 aromatic heterocycles. The van der Waals surface area contributed by atoms with Crippen molar-refractivity contribution in [3.63, 3.8) is 0 Å². The molecule has 0 radical (unpaired) electrons. The standard InChI is InChI=1S/C15H18O6/c1-15(2,3)21-14(19)11-6-4-10(5-7-11)9-20-13(18)8-12(16)17/h4-7H,8-9H2,1-3H3,(H,16,17). The van der Waals surface area contributed by atoms with Crippen LogP contribution in [0, 0.1) is 0 Å². The Kier molecular flexibility index (Phi) is 5.46. The Labute approximate surface area is 122 Å². The number of carboxylic acid groups (broad SMARTS) is 1. The third-order valence-electron chi connectivity index (χ3n) is 2.28. The van der Waals surface area contributed by atoms with Crippen LogP contribution in [0.25, 0.3) is 0 Å². The number of carboxylic acids is 1. The number of ether oxygens (including phenoxy) is 2. The molecule has 1 N–H and O–H groups in total. The lowest BCUT2D eigenvalue weighted by atomic mass is 10.1. The second-order valence-electron chi connectivity index (χ2n) is 5.43. The molecule has 0 saturated heterocycles. The van der Waals surface area contributed by atoms with Gasteiger partial charge >= 0.3 is 17.9 Å². The van der Waals surface area contributed by atoms with Crippen molar-refractivity contribution in [3.8, 4) is 0 Å². The molecule has 0 spiro atoms. The minimum absolute atomic E-state index is 0.0410. The summed E-state index contributed by atoms with van der Waals surface area (Å²) in [6.45, 7) is 5.30. The van der Waals surface area contributed by atoms with Crippen LogP contribution >= 0.6 is 0 Å². The lowest BCUT2D eigenvalue weighted by molar-refractivity contribution is -0.152. The molecule has 6 heteroatoms. The average Bonchev–Trinajstić information content (AvgIpc) is 2.34. The van der Waals surface area contributed by atoms with Gasteiger partial charge in [-0.1, -0.05) is 12.1 Å². The Morgan fingerprint density at radius 2 is 1.67 bits per heavy atom. The highest BCUT2D eigenvalue weighted by Crippen LogP contribution is 2.13. The van der Waals surface area contributed by atoms with Crippen LogP contribution in [0.2, 0.25) is 0 Å². The molecular formula is C15H18O6. The molecular weight excluding hydrogens is 276 g/mol. The van der Waals surface area contributed by atoms with E-state index in [0.29, 0.717) is 11.1 Å². The SMILES string of the molecule is CC(C)(C)OC(=O)c1ccc(COC(=O)CC(=O)O)cc1. The number of carbonyl (C=O) groups excluding carboxylic acids is 2. The van der Waals surface area contributed by atoms with Gasteiger partial charge in [-0.05, 0) is 38.5 Å². The summed E-state index contributed by atoms with van der Waals surface area (Å²) in [6, 6.07) is 6.36. The molecule has 0 amide bonds. The summed E-state index contributed by atoms with van der Waals surface area (Å²) in [5.74, 6) is -2.48. The predicted molar refractivity (Wildman–Crippen MR) is 73.7 cm³/mol. The summed E-state index contributed by atoms with van der Waals surface area (Å²) >= 11 is 0. The van der Waals surface area contributed by atoms with E-state index in [0.717, 1.165) is 0 Å². The maximum Gasteiger partial charge on any atom is 0.338 e. The van der Waals surface area contributed by atoms with E-state index >= 15 is 0 Å². The second-order valence-corrected chi connectivity index (χ2v) is 5.43. The summed E-state index contributed by atoms with van der Waals surface area (Å²) in [5, 5.41) is 8.42. The largest absolute Gasteiger partial charge is 0.481 e. The third kappa shape index (κ3) is 6.56. The molecule has 1 aromatic carbocycles. The van der Waals surface area contributed by atoms with Crippen molar-refractivity contribution < 1.29 is 29.0 Å². The van der Waals surface area contributed by atoms with Gasteiger partial charge in [-0.25, -0.2) is 4.79 Å². The van der Waals surface area contributed by atoms with Gasteiger partial charge in [-0.15, -0.1) is 0 Å². The number of esters is 2. The zero-order valence-electron chi connectivity index (χ0n) is 12.2. The molecule has 6 nitrogen and oxygen atoms in total. The molecule has 0 aliphatic heterocycles. The van der Waals surface area contributed by atoms with Gasteiger partial charge in [0.1, 0.15) is 18.6 Å². The van der Waals surface area contributed by atoms with Crippen molar-refractivity contribution in [2.75, 3.05) is 0 Å². The van der Waals surface area contributed by atoms with E-state index in [-0.39, 0.29) is 6.61 Å². The maximum absolute atomic E-state index is 11.8. The number of aliphatic carboxylic acids is 1. The van der Waals surface area contributed by atoms with Gasteiger partial charge in [0.25, 0.3) is 0 Å². The molecule has 0 saturated carbocycles. The van der Waals surface area contributed by atoms with E-state index in [1.165, 1.54) is 0 Å². The first-order chi connectivity index (χ1) is 9.67. The van der Waals surface area contributed by atoms with Crippen molar-refractivity contribution in [1.29, 1.82) is 0 Å². The maximum atomic E-state index is 11.8. The number of hydrogen-bond acceptors (Lipinski definition) is 5. The van der Waals surface area contributed by atoms with Crippen LogP contribution in [0.1, 0.15) is 43.1 Å². The van der Waals surface area contributed by atoms with Crippen LogP contribution in [0.3, 0.4) is 0 Å². The van der Waals surface area contributed by atoms with E-state index in [1.54, 1.807) is 45.0 Å².